The van der Waals surface area contributed by atoms with Crippen molar-refractivity contribution in [2.75, 3.05) is 5.75 Å². The van der Waals surface area contributed by atoms with Crippen molar-refractivity contribution < 1.29 is 4.79 Å². The van der Waals surface area contributed by atoms with Gasteiger partial charge in [0.25, 0.3) is 0 Å². The lowest BCUT2D eigenvalue weighted by molar-refractivity contribution is 0.102. The molecule has 0 saturated heterocycles. The van der Waals surface area contributed by atoms with Crippen molar-refractivity contribution >= 4 is 40.7 Å². The van der Waals surface area contributed by atoms with Crippen LogP contribution < -0.4 is 0 Å². The molecule has 1 aromatic carbocycles. The van der Waals surface area contributed by atoms with E-state index in [0.717, 1.165) is 5.56 Å². The van der Waals surface area contributed by atoms with Crippen LogP contribution in [0.4, 0.5) is 0 Å². The number of benzene rings is 1. The van der Waals surface area contributed by atoms with Gasteiger partial charge in [-0.15, -0.1) is 0 Å². The molecule has 0 saturated carbocycles. The molecule has 0 atom stereocenters. The van der Waals surface area contributed by atoms with Gasteiger partial charge in [0.1, 0.15) is 0 Å². The zero-order valence-corrected chi connectivity index (χ0v) is 12.4. The first-order valence-electron chi connectivity index (χ1n) is 5.46. The highest BCUT2D eigenvalue weighted by Gasteiger charge is 2.09. The van der Waals surface area contributed by atoms with E-state index in [1.165, 1.54) is 11.8 Å². The Morgan fingerprint density at radius 1 is 1.21 bits per heavy atom. The number of carbonyl (C=O) groups excluding carboxylic acids is 1. The van der Waals surface area contributed by atoms with Crippen LogP contribution in [-0.4, -0.2) is 21.5 Å². The van der Waals surface area contributed by atoms with Crippen LogP contribution in [0.25, 0.3) is 0 Å². The molecule has 98 valence electrons. The highest BCUT2D eigenvalue weighted by Crippen LogP contribution is 2.23. The maximum atomic E-state index is 12.0. The molecule has 3 nitrogen and oxygen atoms in total. The molecule has 6 heteroatoms. The van der Waals surface area contributed by atoms with Gasteiger partial charge in [-0.3, -0.25) is 4.79 Å². The molecule has 2 rings (SSSR count). The average molecular weight is 313 g/mol. The van der Waals surface area contributed by atoms with Crippen molar-refractivity contribution in [3.63, 3.8) is 0 Å². The molecular weight excluding hydrogens is 303 g/mol. The molecule has 0 fully saturated rings. The molecule has 0 unspecified atom stereocenters. The minimum Gasteiger partial charge on any atom is -0.293 e. The smallest absolute Gasteiger partial charge is 0.187 e. The lowest BCUT2D eigenvalue weighted by atomic mass is 10.1. The molecule has 2 aromatic rings. The predicted molar refractivity (Wildman–Crippen MR) is 78.3 cm³/mol. The van der Waals surface area contributed by atoms with Crippen LogP contribution in [0, 0.1) is 6.92 Å². The number of hydrogen-bond acceptors (Lipinski definition) is 4. The van der Waals surface area contributed by atoms with Crippen molar-refractivity contribution in [1.82, 2.24) is 9.97 Å². The molecule has 0 bridgehead atoms. The monoisotopic (exact) mass is 312 g/mol. The Bertz CT molecular complexity index is 602. The van der Waals surface area contributed by atoms with Gasteiger partial charge in [0.05, 0.1) is 15.8 Å². The standard InChI is InChI=1S/C13H10Cl2N2OS/c1-8-5-16-13(17-6-8)19-7-12(18)9-2-3-10(14)11(15)4-9/h2-6H,7H2,1H3. The van der Waals surface area contributed by atoms with E-state index in [2.05, 4.69) is 9.97 Å². The number of Topliss-reactive ketones (excluding diaryl/α,β-unsaturated/α-hetero) is 1. The normalized spacial score (nSPS) is 10.5. The Kier molecular flexibility index (Phi) is 4.80. The number of aryl methyl sites for hydroxylation is 1. The van der Waals surface area contributed by atoms with Gasteiger partial charge in [-0.2, -0.15) is 0 Å². The van der Waals surface area contributed by atoms with E-state index in [4.69, 9.17) is 23.2 Å². The number of ketones is 1. The van der Waals surface area contributed by atoms with E-state index >= 15 is 0 Å². The third-order valence-electron chi connectivity index (χ3n) is 2.33. The SMILES string of the molecule is Cc1cnc(SCC(=O)c2ccc(Cl)c(Cl)c2)nc1. The molecule has 1 aromatic heterocycles. The Morgan fingerprint density at radius 3 is 2.53 bits per heavy atom. The molecule has 0 amide bonds. The lowest BCUT2D eigenvalue weighted by Crippen LogP contribution is -2.03. The molecule has 19 heavy (non-hydrogen) atoms. The summed E-state index contributed by atoms with van der Waals surface area (Å²) >= 11 is 13.0. The summed E-state index contributed by atoms with van der Waals surface area (Å²) in [5, 5.41) is 1.40. The number of nitrogens with zero attached hydrogens (tertiary/aromatic N) is 2. The zero-order valence-electron chi connectivity index (χ0n) is 10.1. The summed E-state index contributed by atoms with van der Waals surface area (Å²) in [7, 11) is 0. The first kappa shape index (κ1) is 14.3. The van der Waals surface area contributed by atoms with Gasteiger partial charge in [-0.05, 0) is 30.7 Å². The van der Waals surface area contributed by atoms with Crippen molar-refractivity contribution in [2.45, 2.75) is 12.1 Å². The fourth-order valence-corrected chi connectivity index (χ4v) is 2.32. The summed E-state index contributed by atoms with van der Waals surface area (Å²) in [6.45, 7) is 1.91. The maximum absolute atomic E-state index is 12.0. The number of aromatic nitrogens is 2. The van der Waals surface area contributed by atoms with Gasteiger partial charge >= 0.3 is 0 Å². The molecular formula is C13H10Cl2N2OS. The van der Waals surface area contributed by atoms with Gasteiger partial charge < -0.3 is 0 Å². The van der Waals surface area contributed by atoms with Gasteiger partial charge in [0.15, 0.2) is 10.9 Å². The predicted octanol–water partition coefficient (Wildman–Crippen LogP) is 4.07. The second kappa shape index (κ2) is 6.37. The topological polar surface area (TPSA) is 42.9 Å². The minimum atomic E-state index is -0.0345. The van der Waals surface area contributed by atoms with Crippen LogP contribution in [-0.2, 0) is 0 Å². The molecule has 0 aliphatic rings. The van der Waals surface area contributed by atoms with Crippen LogP contribution >= 0.6 is 35.0 Å². The van der Waals surface area contributed by atoms with E-state index in [9.17, 15) is 4.79 Å². The van der Waals surface area contributed by atoms with Crippen molar-refractivity contribution in [3.05, 3.63) is 51.8 Å². The number of thioether (sulfide) groups is 1. The molecule has 0 spiro atoms. The van der Waals surface area contributed by atoms with E-state index in [0.29, 0.717) is 20.8 Å². The van der Waals surface area contributed by atoms with Gasteiger partial charge in [0, 0.05) is 18.0 Å². The number of hydrogen-bond donors (Lipinski definition) is 0. The van der Waals surface area contributed by atoms with Crippen molar-refractivity contribution in [1.29, 1.82) is 0 Å². The molecule has 0 aliphatic heterocycles. The zero-order chi connectivity index (χ0) is 13.8. The number of rotatable bonds is 4. The van der Waals surface area contributed by atoms with Crippen LogP contribution in [0.2, 0.25) is 10.0 Å². The van der Waals surface area contributed by atoms with Crippen LogP contribution in [0.1, 0.15) is 15.9 Å². The van der Waals surface area contributed by atoms with E-state index in [1.807, 2.05) is 6.92 Å². The Labute approximate surface area is 125 Å². The second-order valence-corrected chi connectivity index (χ2v) is 5.64. The molecule has 1 heterocycles. The fraction of sp³-hybridized carbons (Fsp3) is 0.154. The van der Waals surface area contributed by atoms with Crippen LogP contribution in [0.3, 0.4) is 0 Å². The molecule has 0 radical (unpaired) electrons. The fourth-order valence-electron chi connectivity index (χ4n) is 1.34. The Balaban J connectivity index is 2.01. The first-order valence-corrected chi connectivity index (χ1v) is 7.20. The third kappa shape index (κ3) is 3.93. The van der Waals surface area contributed by atoms with Crippen molar-refractivity contribution in [3.8, 4) is 0 Å². The first-order chi connectivity index (χ1) is 9.06. The maximum Gasteiger partial charge on any atom is 0.187 e. The molecule has 0 aliphatic carbocycles. The van der Waals surface area contributed by atoms with E-state index < -0.39 is 0 Å². The van der Waals surface area contributed by atoms with Gasteiger partial charge in [-0.1, -0.05) is 35.0 Å². The average Bonchev–Trinajstić information content (AvgIpc) is 2.41. The Morgan fingerprint density at radius 2 is 1.89 bits per heavy atom. The summed E-state index contributed by atoms with van der Waals surface area (Å²) in [4.78, 5) is 20.2. The van der Waals surface area contributed by atoms with E-state index in [-0.39, 0.29) is 11.5 Å². The van der Waals surface area contributed by atoms with Crippen molar-refractivity contribution in [2.24, 2.45) is 0 Å². The Hall–Kier alpha value is -1.10. The summed E-state index contributed by atoms with van der Waals surface area (Å²) in [5.41, 5.74) is 1.52. The van der Waals surface area contributed by atoms with Crippen LogP contribution in [0.5, 0.6) is 0 Å². The highest BCUT2D eigenvalue weighted by molar-refractivity contribution is 7.99. The summed E-state index contributed by atoms with van der Waals surface area (Å²) in [6.07, 6.45) is 3.44. The summed E-state index contributed by atoms with van der Waals surface area (Å²) < 4.78 is 0. The summed E-state index contributed by atoms with van der Waals surface area (Å²) in [6, 6.07) is 4.85. The quantitative estimate of drug-likeness (QED) is 0.485. The second-order valence-electron chi connectivity index (χ2n) is 3.88. The molecule has 0 N–H and O–H groups in total. The largest absolute Gasteiger partial charge is 0.293 e. The highest BCUT2D eigenvalue weighted by atomic mass is 35.5. The third-order valence-corrected chi connectivity index (χ3v) is 3.95. The van der Waals surface area contributed by atoms with Crippen LogP contribution in [0.15, 0.2) is 35.7 Å². The number of halogens is 2. The van der Waals surface area contributed by atoms with E-state index in [1.54, 1.807) is 30.6 Å². The lowest BCUT2D eigenvalue weighted by Gasteiger charge is -2.02. The van der Waals surface area contributed by atoms with Gasteiger partial charge in [-0.25, -0.2) is 9.97 Å². The van der Waals surface area contributed by atoms with Gasteiger partial charge in [0.2, 0.25) is 0 Å². The summed E-state index contributed by atoms with van der Waals surface area (Å²) in [5.74, 6) is 0.230. The number of carbonyl (C=O) groups is 1. The minimum absolute atomic E-state index is 0.0345.